The van der Waals surface area contributed by atoms with Crippen molar-refractivity contribution in [2.24, 2.45) is 39.4 Å². The highest BCUT2D eigenvalue weighted by molar-refractivity contribution is 5.21. The lowest BCUT2D eigenvalue weighted by atomic mass is 9.51. The first kappa shape index (κ1) is 13.6. The van der Waals surface area contributed by atoms with Crippen LogP contribution in [0.25, 0.3) is 0 Å². The zero-order valence-electron chi connectivity index (χ0n) is 14.4. The Hall–Kier alpha value is 0. The minimum atomic E-state index is 0.603. The first-order valence-corrected chi connectivity index (χ1v) is 9.25. The lowest BCUT2D eigenvalue weighted by Gasteiger charge is -2.54. The largest absolute Gasteiger partial charge is 0.0619 e. The predicted molar refractivity (Wildman–Crippen MR) is 85.5 cm³/mol. The van der Waals surface area contributed by atoms with Gasteiger partial charge in [0.25, 0.3) is 0 Å². The fraction of sp³-hybridized carbons (Fsp3) is 1.00. The Kier molecular flexibility index (Phi) is 2.50. The first-order chi connectivity index (χ1) is 9.25. The van der Waals surface area contributed by atoms with E-state index in [9.17, 15) is 0 Å². The van der Waals surface area contributed by atoms with E-state index >= 15 is 0 Å². The molecule has 4 rings (SSSR count). The molecule has 4 aliphatic rings. The van der Waals surface area contributed by atoms with Crippen LogP contribution in [0.2, 0.25) is 0 Å². The van der Waals surface area contributed by atoms with Crippen molar-refractivity contribution in [3.63, 3.8) is 0 Å². The number of fused-ring (bicyclic) bond motifs is 2. The van der Waals surface area contributed by atoms with Crippen LogP contribution >= 0.6 is 0 Å². The Morgan fingerprint density at radius 1 is 0.850 bits per heavy atom. The molecule has 0 N–H and O–H groups in total. The maximum absolute atomic E-state index is 2.68. The van der Waals surface area contributed by atoms with E-state index in [-0.39, 0.29) is 0 Å². The van der Waals surface area contributed by atoms with E-state index in [1.807, 2.05) is 0 Å². The molecule has 4 saturated carbocycles. The van der Waals surface area contributed by atoms with Crippen LogP contribution < -0.4 is 0 Å². The Morgan fingerprint density at radius 2 is 1.60 bits per heavy atom. The van der Waals surface area contributed by atoms with Crippen molar-refractivity contribution in [3.8, 4) is 0 Å². The molecule has 0 aromatic carbocycles. The summed E-state index contributed by atoms with van der Waals surface area (Å²) in [6, 6.07) is 0. The maximum atomic E-state index is 2.68. The summed E-state index contributed by atoms with van der Waals surface area (Å²) in [6.45, 7) is 13.1. The molecule has 0 heteroatoms. The molecule has 20 heavy (non-hydrogen) atoms. The molecular formula is C20H34. The average molecular weight is 274 g/mol. The molecule has 0 unspecified atom stereocenters. The fourth-order valence-electron chi connectivity index (χ4n) is 8.53. The molecule has 0 heterocycles. The van der Waals surface area contributed by atoms with Crippen LogP contribution in [0.3, 0.4) is 0 Å². The highest BCUT2D eigenvalue weighted by atomic mass is 14.8. The molecule has 0 nitrogen and oxygen atoms in total. The third-order valence-electron chi connectivity index (χ3n) is 9.07. The zero-order chi connectivity index (χ0) is 14.4. The van der Waals surface area contributed by atoms with E-state index in [2.05, 4.69) is 34.6 Å². The molecule has 0 aliphatic heterocycles. The second-order valence-electron chi connectivity index (χ2n) is 10.3. The van der Waals surface area contributed by atoms with Gasteiger partial charge in [-0.25, -0.2) is 0 Å². The Bertz CT molecular complexity index is 435. The van der Waals surface area contributed by atoms with E-state index < -0.39 is 0 Å². The van der Waals surface area contributed by atoms with Crippen molar-refractivity contribution >= 4 is 0 Å². The molecule has 0 amide bonds. The summed E-state index contributed by atoms with van der Waals surface area (Å²) in [5.41, 5.74) is 2.66. The molecule has 0 aromatic rings. The zero-order valence-corrected chi connectivity index (χ0v) is 14.4. The van der Waals surface area contributed by atoms with E-state index in [1.165, 1.54) is 38.5 Å². The van der Waals surface area contributed by atoms with E-state index in [1.54, 1.807) is 12.8 Å². The summed E-state index contributed by atoms with van der Waals surface area (Å²) >= 11 is 0. The lowest BCUT2D eigenvalue weighted by Crippen LogP contribution is -2.46. The molecule has 114 valence electrons. The van der Waals surface area contributed by atoms with Crippen LogP contribution in [-0.2, 0) is 0 Å². The van der Waals surface area contributed by atoms with Crippen molar-refractivity contribution in [3.05, 3.63) is 0 Å². The van der Waals surface area contributed by atoms with Crippen LogP contribution in [0.1, 0.15) is 86.0 Å². The van der Waals surface area contributed by atoms with E-state index in [4.69, 9.17) is 0 Å². The second-order valence-corrected chi connectivity index (χ2v) is 10.3. The smallest absolute Gasteiger partial charge is 0.0181 e. The van der Waals surface area contributed by atoms with Crippen LogP contribution in [0, 0.1) is 39.4 Å². The number of hydrogen-bond donors (Lipinski definition) is 0. The van der Waals surface area contributed by atoms with Crippen molar-refractivity contribution < 1.29 is 0 Å². The minimum Gasteiger partial charge on any atom is -0.0619 e. The van der Waals surface area contributed by atoms with Gasteiger partial charge < -0.3 is 0 Å². The van der Waals surface area contributed by atoms with Crippen LogP contribution in [0.5, 0.6) is 0 Å². The third-order valence-corrected chi connectivity index (χ3v) is 9.07. The van der Waals surface area contributed by atoms with Crippen molar-refractivity contribution in [2.75, 3.05) is 0 Å². The topological polar surface area (TPSA) is 0 Å². The summed E-state index contributed by atoms with van der Waals surface area (Å²) in [5, 5.41) is 0. The minimum absolute atomic E-state index is 0.603. The normalized spacial score (nSPS) is 60.1. The van der Waals surface area contributed by atoms with Gasteiger partial charge in [0.1, 0.15) is 0 Å². The van der Waals surface area contributed by atoms with Gasteiger partial charge in [0.05, 0.1) is 0 Å². The van der Waals surface area contributed by atoms with Gasteiger partial charge in [-0.3, -0.25) is 0 Å². The van der Waals surface area contributed by atoms with Gasteiger partial charge in [-0.1, -0.05) is 47.5 Å². The summed E-state index contributed by atoms with van der Waals surface area (Å²) in [5.74, 6) is 3.04. The van der Waals surface area contributed by atoms with Gasteiger partial charge >= 0.3 is 0 Å². The van der Waals surface area contributed by atoms with E-state index in [0.717, 1.165) is 17.8 Å². The van der Waals surface area contributed by atoms with Gasteiger partial charge in [0, 0.05) is 0 Å². The highest BCUT2D eigenvalue weighted by Crippen LogP contribution is 2.80. The fourth-order valence-corrected chi connectivity index (χ4v) is 8.53. The summed E-state index contributed by atoms with van der Waals surface area (Å²) in [6.07, 6.45) is 12.2. The van der Waals surface area contributed by atoms with Crippen molar-refractivity contribution in [1.82, 2.24) is 0 Å². The predicted octanol–water partition coefficient (Wildman–Crippen LogP) is 6.06. The molecule has 6 atom stereocenters. The SMILES string of the molecule is C[C@@H]1CCC[C@@]2(C)CC[C@@H]3[C@H]4C(C)(C)CC[C@@]4(C)C[C@]132. The summed E-state index contributed by atoms with van der Waals surface area (Å²) in [7, 11) is 0. The van der Waals surface area contributed by atoms with Gasteiger partial charge in [-0.05, 0) is 77.9 Å². The molecular weight excluding hydrogens is 240 g/mol. The standard InChI is InChI=1S/C20H34/c1-14-7-6-9-19(5)10-8-15-16-17(2,3)11-12-18(16,4)13-20(14,15)19/h14-16H,6-13H2,1-5H3/t14-,15-,16+,18+,19+,20+/m1/s1. The molecule has 1 spiro atoms. The highest BCUT2D eigenvalue weighted by Gasteiger charge is 2.73. The number of hydrogen-bond acceptors (Lipinski definition) is 0. The Morgan fingerprint density at radius 3 is 2.35 bits per heavy atom. The Labute approximate surface area is 126 Å². The van der Waals surface area contributed by atoms with Crippen LogP contribution in [0.15, 0.2) is 0 Å². The molecule has 0 aromatic heterocycles. The number of rotatable bonds is 0. The van der Waals surface area contributed by atoms with Gasteiger partial charge in [0.15, 0.2) is 0 Å². The molecule has 4 fully saturated rings. The summed E-state index contributed by atoms with van der Waals surface area (Å²) < 4.78 is 0. The average Bonchev–Trinajstić information content (AvgIpc) is 2.86. The molecule has 4 aliphatic carbocycles. The van der Waals surface area contributed by atoms with Gasteiger partial charge in [-0.2, -0.15) is 0 Å². The Balaban J connectivity index is 1.84. The van der Waals surface area contributed by atoms with Crippen LogP contribution in [0.4, 0.5) is 0 Å². The monoisotopic (exact) mass is 274 g/mol. The molecule has 0 saturated heterocycles. The first-order valence-electron chi connectivity index (χ1n) is 9.25. The maximum Gasteiger partial charge on any atom is -0.0181 e. The lowest BCUT2D eigenvalue weighted by molar-refractivity contribution is -0.0510. The van der Waals surface area contributed by atoms with Gasteiger partial charge in [-0.15, -0.1) is 0 Å². The molecule has 0 bridgehead atoms. The quantitative estimate of drug-likeness (QED) is 0.504. The molecule has 0 radical (unpaired) electrons. The second kappa shape index (κ2) is 3.66. The van der Waals surface area contributed by atoms with Crippen molar-refractivity contribution in [2.45, 2.75) is 86.0 Å². The third kappa shape index (κ3) is 1.31. The summed E-state index contributed by atoms with van der Waals surface area (Å²) in [4.78, 5) is 0. The van der Waals surface area contributed by atoms with Gasteiger partial charge in [0.2, 0.25) is 0 Å². The van der Waals surface area contributed by atoms with Crippen LogP contribution in [-0.4, -0.2) is 0 Å². The van der Waals surface area contributed by atoms with Crippen molar-refractivity contribution in [1.29, 1.82) is 0 Å². The van der Waals surface area contributed by atoms with E-state index in [0.29, 0.717) is 21.7 Å².